The topological polar surface area (TPSA) is 42.3 Å². The number of fused-ring (bicyclic) bond motifs is 1. The number of aromatic nitrogens is 1. The van der Waals surface area contributed by atoms with E-state index in [9.17, 15) is 9.59 Å². The Morgan fingerprint density at radius 3 is 2.68 bits per heavy atom. The molecule has 0 saturated carbocycles. The SMILES string of the molecule is O=C(Cn1cc(Cl)cc(Cl)c1=O)N1CCc2ccccc2C1. The van der Waals surface area contributed by atoms with Crippen molar-refractivity contribution in [2.75, 3.05) is 6.54 Å². The lowest BCUT2D eigenvalue weighted by Gasteiger charge is -2.29. The summed E-state index contributed by atoms with van der Waals surface area (Å²) in [5, 5.41) is 0.352. The van der Waals surface area contributed by atoms with Crippen molar-refractivity contribution < 1.29 is 4.79 Å². The van der Waals surface area contributed by atoms with Gasteiger partial charge in [-0.15, -0.1) is 0 Å². The Balaban J connectivity index is 1.78. The van der Waals surface area contributed by atoms with E-state index < -0.39 is 5.56 Å². The molecule has 0 N–H and O–H groups in total. The first-order chi connectivity index (χ1) is 10.5. The van der Waals surface area contributed by atoms with Crippen LogP contribution in [0.15, 0.2) is 41.3 Å². The van der Waals surface area contributed by atoms with Crippen LogP contribution in [-0.4, -0.2) is 21.9 Å². The number of halogens is 2. The van der Waals surface area contributed by atoms with E-state index >= 15 is 0 Å². The maximum atomic E-state index is 12.4. The summed E-state index contributed by atoms with van der Waals surface area (Å²) in [7, 11) is 0. The maximum absolute atomic E-state index is 12.4. The molecule has 1 aliphatic rings. The summed E-state index contributed by atoms with van der Waals surface area (Å²) < 4.78 is 1.26. The minimum atomic E-state index is -0.406. The van der Waals surface area contributed by atoms with Crippen molar-refractivity contribution in [1.82, 2.24) is 9.47 Å². The van der Waals surface area contributed by atoms with Crippen LogP contribution in [0.25, 0.3) is 0 Å². The van der Waals surface area contributed by atoms with Crippen LogP contribution in [0.1, 0.15) is 11.1 Å². The van der Waals surface area contributed by atoms with Crippen molar-refractivity contribution in [3.8, 4) is 0 Å². The molecule has 0 bridgehead atoms. The molecule has 22 heavy (non-hydrogen) atoms. The highest BCUT2D eigenvalue weighted by Gasteiger charge is 2.21. The highest BCUT2D eigenvalue weighted by Crippen LogP contribution is 2.19. The van der Waals surface area contributed by atoms with Crippen molar-refractivity contribution in [2.24, 2.45) is 0 Å². The second-order valence-corrected chi connectivity index (χ2v) is 6.12. The Kier molecular flexibility index (Phi) is 4.23. The molecule has 3 rings (SSSR count). The molecule has 1 aromatic heterocycles. The number of nitrogens with zero attached hydrogens (tertiary/aromatic N) is 2. The minimum absolute atomic E-state index is 0.0179. The first kappa shape index (κ1) is 15.1. The van der Waals surface area contributed by atoms with Crippen molar-refractivity contribution in [2.45, 2.75) is 19.5 Å². The van der Waals surface area contributed by atoms with Gasteiger partial charge in [0.2, 0.25) is 5.91 Å². The Labute approximate surface area is 137 Å². The van der Waals surface area contributed by atoms with E-state index in [-0.39, 0.29) is 17.5 Å². The molecule has 0 aliphatic carbocycles. The molecule has 0 fully saturated rings. The third-order valence-corrected chi connectivity index (χ3v) is 4.28. The number of carbonyl (C=O) groups is 1. The fourth-order valence-electron chi connectivity index (χ4n) is 2.64. The summed E-state index contributed by atoms with van der Waals surface area (Å²) in [4.78, 5) is 26.1. The van der Waals surface area contributed by atoms with Gasteiger partial charge < -0.3 is 9.47 Å². The molecule has 0 spiro atoms. The summed E-state index contributed by atoms with van der Waals surface area (Å²) in [5.41, 5.74) is 2.02. The number of hydrogen-bond donors (Lipinski definition) is 0. The molecule has 2 aromatic rings. The molecule has 4 nitrogen and oxygen atoms in total. The first-order valence-corrected chi connectivity index (χ1v) is 7.70. The molecule has 0 saturated heterocycles. The van der Waals surface area contributed by atoms with Crippen LogP contribution in [0.4, 0.5) is 0 Å². The molecular weight excluding hydrogens is 323 g/mol. The van der Waals surface area contributed by atoms with Crippen LogP contribution >= 0.6 is 23.2 Å². The molecule has 1 aliphatic heterocycles. The lowest BCUT2D eigenvalue weighted by molar-refractivity contribution is -0.132. The Bertz CT molecular complexity index is 786. The largest absolute Gasteiger partial charge is 0.336 e. The first-order valence-electron chi connectivity index (χ1n) is 6.94. The summed E-state index contributed by atoms with van der Waals surface area (Å²) in [6.45, 7) is 1.16. The van der Waals surface area contributed by atoms with Crippen molar-refractivity contribution in [3.63, 3.8) is 0 Å². The van der Waals surface area contributed by atoms with E-state index in [0.717, 1.165) is 12.0 Å². The molecular formula is C16H14Cl2N2O2. The normalized spacial score (nSPS) is 13.8. The second-order valence-electron chi connectivity index (χ2n) is 5.27. The van der Waals surface area contributed by atoms with Gasteiger partial charge in [-0.25, -0.2) is 0 Å². The lowest BCUT2D eigenvalue weighted by atomic mass is 10.00. The molecule has 0 atom stereocenters. The van der Waals surface area contributed by atoms with Gasteiger partial charge in [0.1, 0.15) is 11.6 Å². The molecule has 1 amide bonds. The summed E-state index contributed by atoms with van der Waals surface area (Å²) >= 11 is 11.7. The van der Waals surface area contributed by atoms with E-state index in [4.69, 9.17) is 23.2 Å². The van der Waals surface area contributed by atoms with Gasteiger partial charge in [0.05, 0.1) is 5.02 Å². The van der Waals surface area contributed by atoms with Crippen LogP contribution < -0.4 is 5.56 Å². The molecule has 0 radical (unpaired) electrons. The highest BCUT2D eigenvalue weighted by atomic mass is 35.5. The van der Waals surface area contributed by atoms with E-state index in [1.54, 1.807) is 4.90 Å². The van der Waals surface area contributed by atoms with Gasteiger partial charge in [-0.05, 0) is 23.6 Å². The molecule has 0 unspecified atom stereocenters. The van der Waals surface area contributed by atoms with Gasteiger partial charge in [0.25, 0.3) is 5.56 Å². The Morgan fingerprint density at radius 2 is 1.91 bits per heavy atom. The quantitative estimate of drug-likeness (QED) is 0.846. The maximum Gasteiger partial charge on any atom is 0.269 e. The van der Waals surface area contributed by atoms with Gasteiger partial charge in [0, 0.05) is 19.3 Å². The molecule has 1 aromatic carbocycles. The highest BCUT2D eigenvalue weighted by molar-refractivity contribution is 6.34. The summed E-state index contributed by atoms with van der Waals surface area (Å²) in [5.74, 6) is -0.116. The average molecular weight is 337 g/mol. The third kappa shape index (κ3) is 3.03. The van der Waals surface area contributed by atoms with Gasteiger partial charge in [-0.3, -0.25) is 9.59 Å². The fourth-order valence-corrected chi connectivity index (χ4v) is 3.15. The number of amides is 1. The standard InChI is InChI=1S/C16H14Cl2N2O2/c17-13-7-14(18)16(22)20(9-13)10-15(21)19-6-5-11-3-1-2-4-12(11)8-19/h1-4,7,9H,5-6,8,10H2. The van der Waals surface area contributed by atoms with Crippen molar-refractivity contribution in [1.29, 1.82) is 0 Å². The zero-order valence-electron chi connectivity index (χ0n) is 11.8. The number of pyridine rings is 1. The zero-order valence-corrected chi connectivity index (χ0v) is 13.3. The van der Waals surface area contributed by atoms with E-state index in [1.165, 1.54) is 22.4 Å². The van der Waals surface area contributed by atoms with Crippen LogP contribution in [0.3, 0.4) is 0 Å². The number of benzene rings is 1. The van der Waals surface area contributed by atoms with Gasteiger partial charge >= 0.3 is 0 Å². The summed E-state index contributed by atoms with van der Waals surface area (Å²) in [6.07, 6.45) is 2.26. The van der Waals surface area contributed by atoms with Crippen LogP contribution in [0, 0.1) is 0 Å². The molecule has 114 valence electrons. The van der Waals surface area contributed by atoms with E-state index in [2.05, 4.69) is 6.07 Å². The molecule has 2 heterocycles. The minimum Gasteiger partial charge on any atom is -0.336 e. The summed E-state index contributed by atoms with van der Waals surface area (Å²) in [6, 6.07) is 9.46. The predicted octanol–water partition coefficient (Wildman–Crippen LogP) is 2.74. The number of carbonyl (C=O) groups excluding carboxylic acids is 1. The van der Waals surface area contributed by atoms with Gasteiger partial charge in [0.15, 0.2) is 0 Å². The average Bonchev–Trinajstić information content (AvgIpc) is 2.51. The Morgan fingerprint density at radius 1 is 1.18 bits per heavy atom. The van der Waals surface area contributed by atoms with Crippen LogP contribution in [0.5, 0.6) is 0 Å². The van der Waals surface area contributed by atoms with Crippen LogP contribution in [-0.2, 0) is 24.3 Å². The fraction of sp³-hybridized carbons (Fsp3) is 0.250. The molecule has 6 heteroatoms. The Hall–Kier alpha value is -1.78. The van der Waals surface area contributed by atoms with E-state index in [1.807, 2.05) is 18.2 Å². The monoisotopic (exact) mass is 336 g/mol. The number of rotatable bonds is 2. The predicted molar refractivity (Wildman–Crippen MR) is 86.3 cm³/mol. The lowest BCUT2D eigenvalue weighted by Crippen LogP contribution is -2.39. The zero-order chi connectivity index (χ0) is 15.7. The van der Waals surface area contributed by atoms with Crippen LogP contribution in [0.2, 0.25) is 10.0 Å². The second kappa shape index (κ2) is 6.15. The number of hydrogen-bond acceptors (Lipinski definition) is 2. The third-order valence-electron chi connectivity index (χ3n) is 3.80. The van der Waals surface area contributed by atoms with E-state index in [0.29, 0.717) is 18.1 Å². The van der Waals surface area contributed by atoms with Crippen molar-refractivity contribution >= 4 is 29.1 Å². The smallest absolute Gasteiger partial charge is 0.269 e. The van der Waals surface area contributed by atoms with Gasteiger partial charge in [-0.2, -0.15) is 0 Å². The van der Waals surface area contributed by atoms with Gasteiger partial charge in [-0.1, -0.05) is 47.5 Å². The van der Waals surface area contributed by atoms with Crippen molar-refractivity contribution in [3.05, 3.63) is 68.1 Å².